The van der Waals surface area contributed by atoms with Crippen molar-refractivity contribution in [1.82, 2.24) is 0 Å². The zero-order chi connectivity index (χ0) is 9.98. The van der Waals surface area contributed by atoms with Crippen molar-refractivity contribution in [3.05, 3.63) is 20.3 Å². The molecule has 13 heavy (non-hydrogen) atoms. The van der Waals surface area contributed by atoms with Gasteiger partial charge in [-0.15, -0.1) is 0 Å². The third kappa shape index (κ3) is 32.6. The molecule has 0 saturated carbocycles. The fourth-order valence-electron chi connectivity index (χ4n) is 0.103. The van der Waals surface area contributed by atoms with Crippen molar-refractivity contribution in [2.75, 3.05) is 0 Å². The number of carboxylic acid groups (broad SMARTS) is 2. The van der Waals surface area contributed by atoms with Crippen LogP contribution >= 0.6 is 45.2 Å². The summed E-state index contributed by atoms with van der Waals surface area (Å²) in [7, 11) is 0. The van der Waals surface area contributed by atoms with Gasteiger partial charge in [-0.25, -0.2) is 0 Å². The number of hydrogen-bond acceptors (Lipinski definition) is 4. The van der Waals surface area contributed by atoms with Gasteiger partial charge >= 0.3 is 19.5 Å². The molecule has 0 unspecified atom stereocenters. The Hall–Kier alpha value is 0.503. The van der Waals surface area contributed by atoms with Crippen LogP contribution in [0.15, 0.2) is 20.3 Å². The van der Waals surface area contributed by atoms with Crippen molar-refractivity contribution >= 4 is 57.1 Å². The van der Waals surface area contributed by atoms with Crippen LogP contribution in [0.5, 0.6) is 0 Å². The summed E-state index contributed by atoms with van der Waals surface area (Å²) in [4.78, 5) is 18.8. The van der Waals surface area contributed by atoms with Crippen LogP contribution in [0.2, 0.25) is 0 Å². The first-order valence-electron chi connectivity index (χ1n) is 2.50. The van der Waals surface area contributed by atoms with E-state index < -0.39 is 11.9 Å². The SMILES string of the molecule is O=C([O-])/C=C/I.O=C([O-])/C=C/I.[Zn+2]. The molecular weight excluding hydrogens is 455 g/mol. The van der Waals surface area contributed by atoms with Gasteiger partial charge in [-0.05, 0) is 20.3 Å². The van der Waals surface area contributed by atoms with E-state index in [1.807, 2.05) is 0 Å². The summed E-state index contributed by atoms with van der Waals surface area (Å²) >= 11 is 3.60. The van der Waals surface area contributed by atoms with E-state index in [-0.39, 0.29) is 19.5 Å². The van der Waals surface area contributed by atoms with Gasteiger partial charge < -0.3 is 19.8 Å². The van der Waals surface area contributed by atoms with E-state index in [2.05, 4.69) is 0 Å². The Balaban J connectivity index is -0.000000143. The van der Waals surface area contributed by atoms with Crippen molar-refractivity contribution in [2.45, 2.75) is 0 Å². The predicted octanol–water partition coefficient (Wildman–Crippen LogP) is -0.632. The van der Waals surface area contributed by atoms with Gasteiger partial charge in [0.2, 0.25) is 0 Å². The number of halogens is 2. The van der Waals surface area contributed by atoms with Crippen molar-refractivity contribution in [2.24, 2.45) is 0 Å². The van der Waals surface area contributed by atoms with Gasteiger partial charge in [-0.3, -0.25) is 0 Å². The first kappa shape index (κ1) is 19.1. The van der Waals surface area contributed by atoms with Gasteiger partial charge in [0.05, 0.1) is 11.9 Å². The Kier molecular flexibility index (Phi) is 22.1. The van der Waals surface area contributed by atoms with E-state index in [0.717, 1.165) is 12.2 Å². The largest absolute Gasteiger partial charge is 2.00 e. The summed E-state index contributed by atoms with van der Waals surface area (Å²) in [6.45, 7) is 0. The molecular formula is C6H4I2O4Zn. The maximum atomic E-state index is 9.40. The summed E-state index contributed by atoms with van der Waals surface area (Å²) in [6, 6.07) is 0. The van der Waals surface area contributed by atoms with E-state index in [4.69, 9.17) is 0 Å². The van der Waals surface area contributed by atoms with Crippen LogP contribution < -0.4 is 10.2 Å². The summed E-state index contributed by atoms with van der Waals surface area (Å²) < 4.78 is 2.76. The third-order valence-corrected chi connectivity index (χ3v) is 1.12. The number of hydrogen-bond donors (Lipinski definition) is 0. The van der Waals surface area contributed by atoms with Crippen LogP contribution in [-0.2, 0) is 29.1 Å². The molecule has 0 spiro atoms. The number of rotatable bonds is 2. The van der Waals surface area contributed by atoms with E-state index in [0.29, 0.717) is 0 Å². The minimum atomic E-state index is -1.15. The van der Waals surface area contributed by atoms with Gasteiger partial charge in [-0.1, -0.05) is 45.2 Å². The van der Waals surface area contributed by atoms with Crippen molar-refractivity contribution in [1.29, 1.82) is 0 Å². The number of carbonyl (C=O) groups excluding carboxylic acids is 2. The molecule has 0 rings (SSSR count). The molecule has 0 aliphatic carbocycles. The Morgan fingerprint density at radius 3 is 1.15 bits per heavy atom. The molecule has 0 atom stereocenters. The molecule has 0 aliphatic heterocycles. The molecule has 0 N–H and O–H groups in total. The van der Waals surface area contributed by atoms with Gasteiger partial charge in [-0.2, -0.15) is 0 Å². The average molecular weight is 459 g/mol. The maximum absolute atomic E-state index is 9.40. The van der Waals surface area contributed by atoms with Crippen LogP contribution in [0.4, 0.5) is 0 Å². The van der Waals surface area contributed by atoms with Crippen LogP contribution in [-0.4, -0.2) is 11.9 Å². The first-order chi connectivity index (χ1) is 5.54. The number of carbonyl (C=O) groups is 2. The van der Waals surface area contributed by atoms with Gasteiger partial charge in [0.1, 0.15) is 0 Å². The summed E-state index contributed by atoms with van der Waals surface area (Å²) in [5.74, 6) is -2.30. The molecule has 7 heteroatoms. The van der Waals surface area contributed by atoms with E-state index in [1.165, 1.54) is 8.17 Å². The Morgan fingerprint density at radius 2 is 1.15 bits per heavy atom. The molecule has 0 fully saturated rings. The molecule has 4 nitrogen and oxygen atoms in total. The van der Waals surface area contributed by atoms with Crippen LogP contribution in [0.1, 0.15) is 0 Å². The summed E-state index contributed by atoms with van der Waals surface area (Å²) in [6.07, 6.45) is 1.92. The molecule has 0 aromatic rings. The Bertz CT molecular complexity index is 181. The molecule has 0 aromatic heterocycles. The molecule has 0 radical (unpaired) electrons. The van der Waals surface area contributed by atoms with Crippen LogP contribution in [0, 0.1) is 0 Å². The Labute approximate surface area is 116 Å². The fraction of sp³-hybridized carbons (Fsp3) is 0. The minimum Gasteiger partial charge on any atom is -0.545 e. The quantitative estimate of drug-likeness (QED) is 0.313. The first-order valence-corrected chi connectivity index (χ1v) is 4.99. The molecule has 0 aliphatic rings. The average Bonchev–Trinajstić information content (AvgIpc) is 1.87. The van der Waals surface area contributed by atoms with Gasteiger partial charge in [0, 0.05) is 0 Å². The number of carboxylic acids is 2. The molecule has 0 heterocycles. The van der Waals surface area contributed by atoms with Gasteiger partial charge in [0.25, 0.3) is 0 Å². The normalized spacial score (nSPS) is 8.77. The second-order valence-corrected chi connectivity index (χ2v) is 2.66. The summed E-state index contributed by atoms with van der Waals surface area (Å²) in [5, 5.41) is 18.8. The van der Waals surface area contributed by atoms with Crippen molar-refractivity contribution < 1.29 is 39.3 Å². The molecule has 0 saturated heterocycles. The smallest absolute Gasteiger partial charge is 0.545 e. The van der Waals surface area contributed by atoms with Crippen molar-refractivity contribution in [3.8, 4) is 0 Å². The second-order valence-electron chi connectivity index (χ2n) is 1.22. The standard InChI is InChI=1S/2C3H3IO2.Zn/c2*4-2-1-3(5)6;/h2*1-2H,(H,5,6);/q;;+2/p-2/b2*2-1+;. The maximum Gasteiger partial charge on any atom is 2.00 e. The second kappa shape index (κ2) is 15.0. The third-order valence-electron chi connectivity index (χ3n) is 0.398. The van der Waals surface area contributed by atoms with E-state index >= 15 is 0 Å². The van der Waals surface area contributed by atoms with E-state index in [1.54, 1.807) is 45.2 Å². The fourth-order valence-corrected chi connectivity index (χ4v) is 0.690. The Morgan fingerprint density at radius 1 is 0.923 bits per heavy atom. The zero-order valence-corrected chi connectivity index (χ0v) is 13.7. The zero-order valence-electron chi connectivity index (χ0n) is 6.41. The van der Waals surface area contributed by atoms with E-state index in [9.17, 15) is 19.8 Å². The van der Waals surface area contributed by atoms with Gasteiger partial charge in [0.15, 0.2) is 0 Å². The molecule has 0 aromatic carbocycles. The van der Waals surface area contributed by atoms with Crippen molar-refractivity contribution in [3.63, 3.8) is 0 Å². The number of aliphatic carboxylic acids is 2. The molecule has 68 valence electrons. The summed E-state index contributed by atoms with van der Waals surface area (Å²) in [5.41, 5.74) is 0. The van der Waals surface area contributed by atoms with Crippen LogP contribution in [0.25, 0.3) is 0 Å². The topological polar surface area (TPSA) is 80.3 Å². The minimum absolute atomic E-state index is 0. The molecule has 0 bridgehead atoms. The monoisotopic (exact) mass is 458 g/mol. The predicted molar refractivity (Wildman–Crippen MR) is 56.3 cm³/mol. The van der Waals surface area contributed by atoms with Crippen LogP contribution in [0.3, 0.4) is 0 Å². The molecule has 0 amide bonds.